The zero-order chi connectivity index (χ0) is 10.7. The average molecular weight is 200 g/mol. The molecule has 0 saturated heterocycles. The minimum Gasteiger partial charge on any atom is -0.389 e. The van der Waals surface area contributed by atoms with Gasteiger partial charge in [0.15, 0.2) is 6.23 Å². The van der Waals surface area contributed by atoms with Gasteiger partial charge in [-0.25, -0.2) is 9.78 Å². The van der Waals surface area contributed by atoms with Gasteiger partial charge in [0.05, 0.1) is 6.10 Å². The topological polar surface area (TPSA) is 103 Å². The van der Waals surface area contributed by atoms with Crippen LogP contribution in [0.25, 0.3) is 0 Å². The summed E-state index contributed by atoms with van der Waals surface area (Å²) in [7, 11) is 1.38. The van der Waals surface area contributed by atoms with Gasteiger partial charge < -0.3 is 15.6 Å². The maximum absolute atomic E-state index is 11.3. The second-order valence-corrected chi connectivity index (χ2v) is 2.77. The van der Waals surface area contributed by atoms with E-state index in [0.717, 1.165) is 4.57 Å². The van der Waals surface area contributed by atoms with Crippen LogP contribution in [0, 0.1) is 0 Å². The molecule has 78 valence electrons. The van der Waals surface area contributed by atoms with Crippen molar-refractivity contribution in [2.24, 2.45) is 0 Å². The van der Waals surface area contributed by atoms with E-state index in [4.69, 9.17) is 10.5 Å². The van der Waals surface area contributed by atoms with Crippen LogP contribution in [0.4, 0.5) is 5.95 Å². The molecule has 0 radical (unpaired) electrons. The average Bonchev–Trinajstić information content (AvgIpc) is 2.09. The molecule has 0 spiro atoms. The molecule has 7 heteroatoms. The van der Waals surface area contributed by atoms with Crippen molar-refractivity contribution in [1.29, 1.82) is 0 Å². The highest BCUT2D eigenvalue weighted by atomic mass is 16.5. The van der Waals surface area contributed by atoms with Crippen LogP contribution in [0.2, 0.25) is 0 Å². The van der Waals surface area contributed by atoms with Gasteiger partial charge in [-0.1, -0.05) is 0 Å². The van der Waals surface area contributed by atoms with Gasteiger partial charge in [-0.05, 0) is 6.92 Å². The highest BCUT2D eigenvalue weighted by Crippen LogP contribution is 2.08. The monoisotopic (exact) mass is 200 g/mol. The summed E-state index contributed by atoms with van der Waals surface area (Å²) < 4.78 is 5.98. The smallest absolute Gasteiger partial charge is 0.354 e. The molecule has 0 amide bonds. The van der Waals surface area contributed by atoms with E-state index < -0.39 is 18.0 Å². The van der Waals surface area contributed by atoms with Gasteiger partial charge >= 0.3 is 5.69 Å². The number of hydrogen-bond acceptors (Lipinski definition) is 6. The fraction of sp³-hybridized carbons (Fsp3) is 0.571. The third kappa shape index (κ3) is 2.06. The maximum Gasteiger partial charge on any atom is 0.354 e. The lowest BCUT2D eigenvalue weighted by atomic mass is 10.3. The van der Waals surface area contributed by atoms with Crippen LogP contribution >= 0.6 is 0 Å². The van der Waals surface area contributed by atoms with Crippen molar-refractivity contribution in [2.75, 3.05) is 12.8 Å². The Morgan fingerprint density at radius 2 is 2.36 bits per heavy atom. The van der Waals surface area contributed by atoms with Gasteiger partial charge in [0.2, 0.25) is 5.95 Å². The van der Waals surface area contributed by atoms with Gasteiger partial charge in [-0.15, -0.1) is 0 Å². The summed E-state index contributed by atoms with van der Waals surface area (Å²) in [6.07, 6.45) is -0.459. The van der Waals surface area contributed by atoms with Crippen molar-refractivity contribution >= 4 is 5.95 Å². The summed E-state index contributed by atoms with van der Waals surface area (Å²) in [4.78, 5) is 18.3. The molecule has 0 unspecified atom stereocenters. The zero-order valence-corrected chi connectivity index (χ0v) is 7.91. The van der Waals surface area contributed by atoms with Crippen LogP contribution in [0.15, 0.2) is 11.1 Å². The van der Waals surface area contributed by atoms with Crippen LogP contribution < -0.4 is 11.4 Å². The molecule has 3 N–H and O–H groups in total. The third-order valence-electron chi connectivity index (χ3n) is 1.67. The van der Waals surface area contributed by atoms with Crippen LogP contribution in [0.5, 0.6) is 0 Å². The van der Waals surface area contributed by atoms with E-state index in [1.54, 1.807) is 0 Å². The first-order chi connectivity index (χ1) is 6.56. The van der Waals surface area contributed by atoms with E-state index in [1.165, 1.54) is 20.4 Å². The van der Waals surface area contributed by atoms with Crippen LogP contribution in [0.1, 0.15) is 13.2 Å². The standard InChI is InChI=1S/C7H12N4O3/c1-4(12)5(14-2)11-3-9-6(8)10-7(11)13/h3-5,12H,1-2H3,(H2,8,10,13)/t4-,5+/m0/s1. The molecular weight excluding hydrogens is 188 g/mol. The molecule has 0 aromatic carbocycles. The van der Waals surface area contributed by atoms with Crippen molar-refractivity contribution in [2.45, 2.75) is 19.3 Å². The molecule has 0 saturated carbocycles. The van der Waals surface area contributed by atoms with Crippen molar-refractivity contribution in [1.82, 2.24) is 14.5 Å². The minimum atomic E-state index is -0.843. The van der Waals surface area contributed by atoms with Crippen molar-refractivity contribution < 1.29 is 9.84 Å². The van der Waals surface area contributed by atoms with Gasteiger partial charge in [-0.3, -0.25) is 4.57 Å². The Morgan fingerprint density at radius 1 is 1.71 bits per heavy atom. The lowest BCUT2D eigenvalue weighted by Gasteiger charge is -2.19. The van der Waals surface area contributed by atoms with Crippen LogP contribution in [-0.4, -0.2) is 32.9 Å². The summed E-state index contributed by atoms with van der Waals surface area (Å²) in [5.74, 6) is -0.105. The molecule has 0 aliphatic rings. The van der Waals surface area contributed by atoms with E-state index >= 15 is 0 Å². The number of nitrogens with zero attached hydrogens (tertiary/aromatic N) is 3. The summed E-state index contributed by atoms with van der Waals surface area (Å²) in [6, 6.07) is 0. The number of nitrogen functional groups attached to an aromatic ring is 1. The number of rotatable bonds is 3. The number of aliphatic hydroxyl groups is 1. The Bertz CT molecular complexity index is 362. The largest absolute Gasteiger partial charge is 0.389 e. The molecule has 0 aliphatic heterocycles. The predicted octanol–water partition coefficient (Wildman–Crippen LogP) is -1.25. The first-order valence-electron chi connectivity index (χ1n) is 3.97. The molecule has 0 fully saturated rings. The Morgan fingerprint density at radius 3 is 2.79 bits per heavy atom. The Kier molecular flexibility index (Phi) is 3.15. The second-order valence-electron chi connectivity index (χ2n) is 2.77. The molecule has 2 atom stereocenters. The van der Waals surface area contributed by atoms with Crippen molar-refractivity contribution in [3.63, 3.8) is 0 Å². The summed E-state index contributed by atoms with van der Waals surface area (Å²) in [6.45, 7) is 1.50. The highest BCUT2D eigenvalue weighted by molar-refractivity contribution is 5.09. The van der Waals surface area contributed by atoms with E-state index in [1.807, 2.05) is 0 Å². The number of aliphatic hydroxyl groups excluding tert-OH is 1. The van der Waals surface area contributed by atoms with Crippen molar-refractivity contribution in [3.05, 3.63) is 16.8 Å². The number of aromatic nitrogens is 3. The molecule has 1 aromatic rings. The molecule has 1 heterocycles. The second kappa shape index (κ2) is 4.16. The predicted molar refractivity (Wildman–Crippen MR) is 48.4 cm³/mol. The summed E-state index contributed by atoms with van der Waals surface area (Å²) >= 11 is 0. The highest BCUT2D eigenvalue weighted by Gasteiger charge is 2.17. The first kappa shape index (κ1) is 10.6. The molecule has 14 heavy (non-hydrogen) atoms. The van der Waals surface area contributed by atoms with Gasteiger partial charge in [0.1, 0.15) is 6.33 Å². The van der Waals surface area contributed by atoms with Gasteiger partial charge in [-0.2, -0.15) is 4.98 Å². The molecule has 1 aromatic heterocycles. The van der Waals surface area contributed by atoms with E-state index in [2.05, 4.69) is 9.97 Å². The normalized spacial score (nSPS) is 15.1. The fourth-order valence-corrected chi connectivity index (χ4v) is 1.07. The minimum absolute atomic E-state index is 0.105. The summed E-state index contributed by atoms with van der Waals surface area (Å²) in [5, 5.41) is 9.29. The molecule has 0 bridgehead atoms. The Labute approximate surface area is 80.2 Å². The number of anilines is 1. The number of nitrogens with two attached hydrogens (primary N) is 1. The Hall–Kier alpha value is -1.47. The maximum atomic E-state index is 11.3. The quantitative estimate of drug-likeness (QED) is 0.631. The van der Waals surface area contributed by atoms with E-state index in [-0.39, 0.29) is 5.95 Å². The van der Waals surface area contributed by atoms with Gasteiger partial charge in [0.25, 0.3) is 0 Å². The van der Waals surface area contributed by atoms with Crippen LogP contribution in [-0.2, 0) is 4.74 Å². The zero-order valence-electron chi connectivity index (χ0n) is 7.91. The van der Waals surface area contributed by atoms with E-state index in [9.17, 15) is 9.90 Å². The number of hydrogen-bond donors (Lipinski definition) is 2. The third-order valence-corrected chi connectivity index (χ3v) is 1.67. The molecule has 7 nitrogen and oxygen atoms in total. The molecule has 0 aliphatic carbocycles. The van der Waals surface area contributed by atoms with Crippen molar-refractivity contribution in [3.8, 4) is 0 Å². The molecule has 1 rings (SSSR count). The Balaban J connectivity index is 3.11. The lowest BCUT2D eigenvalue weighted by molar-refractivity contribution is -0.0526. The first-order valence-corrected chi connectivity index (χ1v) is 3.97. The number of methoxy groups -OCH3 is 1. The van der Waals surface area contributed by atoms with Gasteiger partial charge in [0, 0.05) is 7.11 Å². The number of ether oxygens (including phenoxy) is 1. The fourth-order valence-electron chi connectivity index (χ4n) is 1.07. The van der Waals surface area contributed by atoms with E-state index in [0.29, 0.717) is 0 Å². The van der Waals surface area contributed by atoms with Crippen LogP contribution in [0.3, 0.4) is 0 Å². The lowest BCUT2D eigenvalue weighted by Crippen LogP contribution is -2.34. The SMILES string of the molecule is CO[C@H]([C@H](C)O)n1cnc(N)nc1=O. The summed E-state index contributed by atoms with van der Waals surface area (Å²) in [5.41, 5.74) is 4.60. The molecular formula is C7H12N4O3.